The first-order valence-corrected chi connectivity index (χ1v) is 6.92. The van der Waals surface area contributed by atoms with Crippen molar-refractivity contribution < 1.29 is 9.53 Å². The van der Waals surface area contributed by atoms with Crippen molar-refractivity contribution in [2.75, 3.05) is 25.5 Å². The molecule has 1 amide bonds. The third-order valence-corrected chi connectivity index (χ3v) is 3.65. The fourth-order valence-corrected chi connectivity index (χ4v) is 2.75. The lowest BCUT2D eigenvalue weighted by molar-refractivity contribution is 0.113. The molecule has 18 heavy (non-hydrogen) atoms. The van der Waals surface area contributed by atoms with Gasteiger partial charge in [0.2, 0.25) is 5.13 Å². The molecular formula is C11H18N4O2S. The number of carbonyl (C=O) groups excluding carboxylic acids is 1. The highest BCUT2D eigenvalue weighted by molar-refractivity contribution is 7.09. The van der Waals surface area contributed by atoms with E-state index in [4.69, 9.17) is 4.74 Å². The van der Waals surface area contributed by atoms with Crippen LogP contribution in [-0.2, 0) is 11.2 Å². The zero-order chi connectivity index (χ0) is 13.0. The van der Waals surface area contributed by atoms with Gasteiger partial charge in [0.25, 0.3) is 0 Å². The lowest BCUT2D eigenvalue weighted by Gasteiger charge is -2.31. The Labute approximate surface area is 111 Å². The number of amides is 1. The second-order valence-corrected chi connectivity index (χ2v) is 5.02. The average Bonchev–Trinajstić information content (AvgIpc) is 2.86. The van der Waals surface area contributed by atoms with Crippen molar-refractivity contribution >= 4 is 22.8 Å². The van der Waals surface area contributed by atoms with E-state index in [9.17, 15) is 4.79 Å². The van der Waals surface area contributed by atoms with Crippen LogP contribution in [0, 0.1) is 0 Å². The first-order chi connectivity index (χ1) is 8.72. The highest BCUT2D eigenvalue weighted by atomic mass is 32.1. The number of aromatic nitrogens is 2. The molecule has 1 aliphatic rings. The van der Waals surface area contributed by atoms with Crippen LogP contribution >= 0.6 is 11.5 Å². The molecule has 0 radical (unpaired) electrons. The molecule has 2 heterocycles. The number of piperidine rings is 1. The number of likely N-dealkylation sites (tertiary alicyclic amines) is 1. The molecule has 1 N–H and O–H groups in total. The lowest BCUT2D eigenvalue weighted by Crippen LogP contribution is -2.45. The maximum atomic E-state index is 11.5. The van der Waals surface area contributed by atoms with Gasteiger partial charge in [-0.05, 0) is 12.8 Å². The van der Waals surface area contributed by atoms with Crippen LogP contribution in [0.15, 0.2) is 0 Å². The third-order valence-electron chi connectivity index (χ3n) is 2.97. The van der Waals surface area contributed by atoms with Gasteiger partial charge in [-0.15, -0.1) is 0 Å². The SMILES string of the molecule is CCc1nsc(N[C@@H]2CCCN(C(=O)OC)C2)n1. The van der Waals surface area contributed by atoms with Crippen LogP contribution in [0.1, 0.15) is 25.6 Å². The Morgan fingerprint density at radius 1 is 1.67 bits per heavy atom. The van der Waals surface area contributed by atoms with Crippen LogP contribution in [0.5, 0.6) is 0 Å². The maximum Gasteiger partial charge on any atom is 0.409 e. The summed E-state index contributed by atoms with van der Waals surface area (Å²) in [4.78, 5) is 17.6. The molecular weight excluding hydrogens is 252 g/mol. The molecule has 1 fully saturated rings. The van der Waals surface area contributed by atoms with Gasteiger partial charge in [-0.3, -0.25) is 0 Å². The number of rotatable bonds is 3. The van der Waals surface area contributed by atoms with Crippen molar-refractivity contribution in [3.8, 4) is 0 Å². The van der Waals surface area contributed by atoms with Crippen LogP contribution in [0.3, 0.4) is 0 Å². The molecule has 0 bridgehead atoms. The molecule has 0 unspecified atom stereocenters. The Morgan fingerprint density at radius 3 is 3.17 bits per heavy atom. The maximum absolute atomic E-state index is 11.5. The number of hydrogen-bond donors (Lipinski definition) is 1. The summed E-state index contributed by atoms with van der Waals surface area (Å²) < 4.78 is 8.98. The quantitative estimate of drug-likeness (QED) is 0.906. The van der Waals surface area contributed by atoms with Gasteiger partial charge in [0.1, 0.15) is 5.82 Å². The number of methoxy groups -OCH3 is 1. The van der Waals surface area contributed by atoms with Crippen molar-refractivity contribution in [3.05, 3.63) is 5.82 Å². The molecule has 0 saturated carbocycles. The predicted octanol–water partition coefficient (Wildman–Crippen LogP) is 1.74. The monoisotopic (exact) mass is 270 g/mol. The van der Waals surface area contributed by atoms with Gasteiger partial charge >= 0.3 is 6.09 Å². The minimum absolute atomic E-state index is 0.232. The summed E-state index contributed by atoms with van der Waals surface area (Å²) in [6.45, 7) is 3.46. The summed E-state index contributed by atoms with van der Waals surface area (Å²) >= 11 is 1.38. The molecule has 1 aromatic rings. The van der Waals surface area contributed by atoms with Gasteiger partial charge in [0.05, 0.1) is 7.11 Å². The lowest BCUT2D eigenvalue weighted by atomic mass is 10.1. The van der Waals surface area contributed by atoms with Crippen LogP contribution in [0.2, 0.25) is 0 Å². The number of carbonyl (C=O) groups is 1. The van der Waals surface area contributed by atoms with Crippen molar-refractivity contribution in [1.29, 1.82) is 0 Å². The Kier molecular flexibility index (Phi) is 4.35. The number of aryl methyl sites for hydroxylation is 1. The number of nitrogens with zero attached hydrogens (tertiary/aromatic N) is 3. The zero-order valence-corrected chi connectivity index (χ0v) is 11.5. The van der Waals surface area contributed by atoms with Gasteiger partial charge in [0.15, 0.2) is 0 Å². The Morgan fingerprint density at radius 2 is 2.50 bits per heavy atom. The van der Waals surface area contributed by atoms with E-state index in [1.807, 2.05) is 6.92 Å². The average molecular weight is 270 g/mol. The van der Waals surface area contributed by atoms with Crippen LogP contribution in [0.25, 0.3) is 0 Å². The van der Waals surface area contributed by atoms with E-state index in [0.29, 0.717) is 6.54 Å². The third kappa shape index (κ3) is 3.10. The normalized spacial score (nSPS) is 19.7. The van der Waals surface area contributed by atoms with E-state index in [2.05, 4.69) is 14.7 Å². The summed E-state index contributed by atoms with van der Waals surface area (Å²) in [5.41, 5.74) is 0. The van der Waals surface area contributed by atoms with E-state index in [0.717, 1.165) is 36.8 Å². The fourth-order valence-electron chi connectivity index (χ4n) is 2.02. The standard InChI is InChI=1S/C11H18N4O2S/c1-3-9-13-10(18-14-9)12-8-5-4-6-15(7-8)11(16)17-2/h8H,3-7H2,1-2H3,(H,12,13,14)/t8-/m1/s1. The summed E-state index contributed by atoms with van der Waals surface area (Å²) in [6.07, 6.45) is 2.60. The molecule has 2 rings (SSSR count). The molecule has 0 aliphatic carbocycles. The fraction of sp³-hybridized carbons (Fsp3) is 0.727. The largest absolute Gasteiger partial charge is 0.453 e. The smallest absolute Gasteiger partial charge is 0.409 e. The molecule has 1 aliphatic heterocycles. The van der Waals surface area contributed by atoms with Gasteiger partial charge in [-0.1, -0.05) is 6.92 Å². The summed E-state index contributed by atoms with van der Waals surface area (Å²) in [7, 11) is 1.41. The van der Waals surface area contributed by atoms with Crippen LogP contribution < -0.4 is 5.32 Å². The van der Waals surface area contributed by atoms with Crippen molar-refractivity contribution in [2.24, 2.45) is 0 Å². The highest BCUT2D eigenvalue weighted by Gasteiger charge is 2.24. The zero-order valence-electron chi connectivity index (χ0n) is 10.7. The molecule has 6 nitrogen and oxygen atoms in total. The predicted molar refractivity (Wildman–Crippen MR) is 69.9 cm³/mol. The summed E-state index contributed by atoms with van der Waals surface area (Å²) in [5, 5.41) is 4.18. The van der Waals surface area contributed by atoms with Crippen molar-refractivity contribution in [2.45, 2.75) is 32.2 Å². The second kappa shape index (κ2) is 5.99. The Hall–Kier alpha value is -1.37. The van der Waals surface area contributed by atoms with E-state index >= 15 is 0 Å². The minimum Gasteiger partial charge on any atom is -0.453 e. The van der Waals surface area contributed by atoms with Gasteiger partial charge in [0, 0.05) is 37.1 Å². The first kappa shape index (κ1) is 13.1. The van der Waals surface area contributed by atoms with E-state index in [1.54, 1.807) is 4.90 Å². The molecule has 7 heteroatoms. The Balaban J connectivity index is 1.91. The molecule has 100 valence electrons. The minimum atomic E-state index is -0.256. The summed E-state index contributed by atoms with van der Waals surface area (Å²) in [5.74, 6) is 0.864. The highest BCUT2D eigenvalue weighted by Crippen LogP contribution is 2.18. The van der Waals surface area contributed by atoms with Gasteiger partial charge in [-0.2, -0.15) is 4.37 Å². The van der Waals surface area contributed by atoms with Crippen molar-refractivity contribution in [3.63, 3.8) is 0 Å². The van der Waals surface area contributed by atoms with Gasteiger partial charge < -0.3 is 15.0 Å². The number of ether oxygens (including phenoxy) is 1. The topological polar surface area (TPSA) is 67.4 Å². The molecule has 0 spiro atoms. The van der Waals surface area contributed by atoms with Gasteiger partial charge in [-0.25, -0.2) is 9.78 Å². The number of anilines is 1. The van der Waals surface area contributed by atoms with Crippen LogP contribution in [0.4, 0.5) is 9.93 Å². The molecule has 1 aromatic heterocycles. The van der Waals surface area contributed by atoms with E-state index in [-0.39, 0.29) is 12.1 Å². The number of hydrogen-bond acceptors (Lipinski definition) is 6. The van der Waals surface area contributed by atoms with E-state index < -0.39 is 0 Å². The molecule has 0 aromatic carbocycles. The van der Waals surface area contributed by atoms with E-state index in [1.165, 1.54) is 18.6 Å². The van der Waals surface area contributed by atoms with Crippen molar-refractivity contribution in [1.82, 2.24) is 14.3 Å². The first-order valence-electron chi connectivity index (χ1n) is 6.15. The second-order valence-electron chi connectivity index (χ2n) is 4.27. The molecule has 1 saturated heterocycles. The Bertz CT molecular complexity index is 410. The summed E-state index contributed by atoms with van der Waals surface area (Å²) in [6, 6.07) is 0.232. The number of nitrogens with one attached hydrogen (secondary N) is 1. The van der Waals surface area contributed by atoms with Crippen LogP contribution in [-0.4, -0.2) is 46.6 Å². The molecule has 1 atom stereocenters.